The third kappa shape index (κ3) is 2.64. The molecule has 6 nitrogen and oxygen atoms in total. The summed E-state index contributed by atoms with van der Waals surface area (Å²) in [4.78, 5) is 28.4. The zero-order valence-corrected chi connectivity index (χ0v) is 15.3. The van der Waals surface area contributed by atoms with Crippen LogP contribution in [0.25, 0.3) is 0 Å². The minimum absolute atomic E-state index is 0.0159. The number of aliphatic imine (C=N–C) groups is 1. The molecule has 0 saturated heterocycles. The Labute approximate surface area is 166 Å². The monoisotopic (exact) mass is 384 g/mol. The van der Waals surface area contributed by atoms with E-state index in [1.807, 2.05) is 60.7 Å². The van der Waals surface area contributed by atoms with Crippen molar-refractivity contribution >= 4 is 17.6 Å². The molecule has 3 aromatic carbocycles. The van der Waals surface area contributed by atoms with Crippen molar-refractivity contribution in [3.8, 4) is 0 Å². The van der Waals surface area contributed by atoms with E-state index in [9.17, 15) is 14.9 Å². The molecule has 142 valence electrons. The Morgan fingerprint density at radius 1 is 0.828 bits per heavy atom. The molecular formula is C23H16N2O4. The highest BCUT2D eigenvalue weighted by Crippen LogP contribution is 2.68. The van der Waals surface area contributed by atoms with Gasteiger partial charge in [0.15, 0.2) is 5.54 Å². The summed E-state index contributed by atoms with van der Waals surface area (Å²) in [6.45, 7) is 0. The maximum Gasteiger partial charge on any atom is 0.342 e. The van der Waals surface area contributed by atoms with Gasteiger partial charge in [-0.05, 0) is 23.3 Å². The van der Waals surface area contributed by atoms with Gasteiger partial charge in [0.1, 0.15) is 0 Å². The van der Waals surface area contributed by atoms with Crippen LogP contribution in [-0.2, 0) is 9.53 Å². The van der Waals surface area contributed by atoms with Crippen molar-refractivity contribution in [2.75, 3.05) is 0 Å². The molecule has 1 aliphatic heterocycles. The van der Waals surface area contributed by atoms with Crippen molar-refractivity contribution < 1.29 is 14.5 Å². The second kappa shape index (κ2) is 6.38. The molecule has 3 aromatic rings. The topological polar surface area (TPSA) is 81.8 Å². The summed E-state index contributed by atoms with van der Waals surface area (Å²) in [5.41, 5.74) is 1.55. The van der Waals surface area contributed by atoms with Gasteiger partial charge in [-0.2, -0.15) is 0 Å². The molecule has 0 amide bonds. The van der Waals surface area contributed by atoms with E-state index >= 15 is 0 Å². The maximum absolute atomic E-state index is 13.0. The van der Waals surface area contributed by atoms with Crippen molar-refractivity contribution in [3.05, 3.63) is 112 Å². The molecule has 0 N–H and O–H groups in total. The number of carbonyl (C=O) groups is 1. The number of hydrogen-bond donors (Lipinski definition) is 0. The van der Waals surface area contributed by atoms with Crippen molar-refractivity contribution in [1.82, 2.24) is 0 Å². The van der Waals surface area contributed by atoms with Crippen LogP contribution in [0.4, 0.5) is 5.69 Å². The van der Waals surface area contributed by atoms with E-state index in [-0.39, 0.29) is 23.5 Å². The average molecular weight is 384 g/mol. The number of hydrogen-bond acceptors (Lipinski definition) is 5. The molecule has 1 spiro atoms. The fourth-order valence-corrected chi connectivity index (χ4v) is 4.23. The molecule has 1 heterocycles. The van der Waals surface area contributed by atoms with Gasteiger partial charge in [0.05, 0.1) is 4.92 Å². The molecular weight excluding hydrogens is 368 g/mol. The normalized spacial score (nSPS) is 24.8. The highest BCUT2D eigenvalue weighted by atomic mass is 16.6. The molecule has 0 bridgehead atoms. The number of nitro benzene ring substituents is 1. The third-order valence-corrected chi connectivity index (χ3v) is 5.62. The minimum Gasteiger partial charge on any atom is -0.405 e. The van der Waals surface area contributed by atoms with Crippen LogP contribution >= 0.6 is 0 Å². The first kappa shape index (κ1) is 17.3. The Morgan fingerprint density at radius 3 is 1.97 bits per heavy atom. The van der Waals surface area contributed by atoms with Crippen LogP contribution in [0.2, 0.25) is 0 Å². The van der Waals surface area contributed by atoms with Crippen molar-refractivity contribution in [2.24, 2.45) is 4.99 Å². The van der Waals surface area contributed by atoms with E-state index in [1.54, 1.807) is 12.1 Å². The van der Waals surface area contributed by atoms with Gasteiger partial charge in [-0.3, -0.25) is 10.1 Å². The van der Waals surface area contributed by atoms with Crippen molar-refractivity contribution in [3.63, 3.8) is 0 Å². The highest BCUT2D eigenvalue weighted by Gasteiger charge is 2.74. The van der Waals surface area contributed by atoms with Crippen molar-refractivity contribution in [1.29, 1.82) is 0 Å². The number of cyclic esters (lactones) is 1. The standard InChI is InChI=1S/C23H16N2O4/c26-22-23(24-21(29-22)17-9-5-2-6-10-17)19(15-7-3-1-4-8-15)20(23)16-11-13-18(14-12-16)25(27)28/h1-14,19-20H/t19-,20-,23+/m1/s1. The molecule has 6 heteroatoms. The molecule has 0 radical (unpaired) electrons. The third-order valence-electron chi connectivity index (χ3n) is 5.62. The van der Waals surface area contributed by atoms with Gasteiger partial charge in [0.25, 0.3) is 5.69 Å². The Bertz CT molecular complexity index is 1130. The lowest BCUT2D eigenvalue weighted by Gasteiger charge is -2.02. The quantitative estimate of drug-likeness (QED) is 0.383. The van der Waals surface area contributed by atoms with Gasteiger partial charge in [0.2, 0.25) is 5.90 Å². The molecule has 1 saturated carbocycles. The first-order valence-electron chi connectivity index (χ1n) is 9.28. The lowest BCUT2D eigenvalue weighted by atomic mass is 10.0. The van der Waals surface area contributed by atoms with Gasteiger partial charge < -0.3 is 4.74 Å². The van der Waals surface area contributed by atoms with E-state index in [1.165, 1.54) is 12.1 Å². The smallest absolute Gasteiger partial charge is 0.342 e. The zero-order chi connectivity index (χ0) is 20.0. The number of nitro groups is 1. The Hall–Kier alpha value is -3.80. The van der Waals surface area contributed by atoms with Gasteiger partial charge in [-0.25, -0.2) is 9.79 Å². The van der Waals surface area contributed by atoms with Gasteiger partial charge in [0, 0.05) is 29.5 Å². The molecule has 1 fully saturated rings. The molecule has 5 rings (SSSR count). The van der Waals surface area contributed by atoms with E-state index < -0.39 is 10.5 Å². The van der Waals surface area contributed by atoms with Gasteiger partial charge in [-0.1, -0.05) is 60.7 Å². The van der Waals surface area contributed by atoms with Crippen molar-refractivity contribution in [2.45, 2.75) is 17.4 Å². The molecule has 1 aliphatic carbocycles. The Morgan fingerprint density at radius 2 is 1.38 bits per heavy atom. The first-order chi connectivity index (χ1) is 14.1. The summed E-state index contributed by atoms with van der Waals surface area (Å²) in [6, 6.07) is 25.4. The number of benzene rings is 3. The fourth-order valence-electron chi connectivity index (χ4n) is 4.23. The predicted octanol–water partition coefficient (Wildman–Crippen LogP) is 4.22. The predicted molar refractivity (Wildman–Crippen MR) is 107 cm³/mol. The lowest BCUT2D eigenvalue weighted by Crippen LogP contribution is -2.20. The van der Waals surface area contributed by atoms with Crippen LogP contribution in [0.5, 0.6) is 0 Å². The molecule has 0 unspecified atom stereocenters. The fraction of sp³-hybridized carbons (Fsp3) is 0.130. The number of rotatable bonds is 4. The molecule has 29 heavy (non-hydrogen) atoms. The summed E-state index contributed by atoms with van der Waals surface area (Å²) in [6.07, 6.45) is 0. The largest absolute Gasteiger partial charge is 0.405 e. The SMILES string of the molecule is O=C1OC(c2ccccc2)=N[C@]12[C@H](c1ccccc1)[C@H]2c1ccc([N+](=O)[O-])cc1. The Balaban J connectivity index is 1.60. The van der Waals surface area contributed by atoms with Gasteiger partial charge in [-0.15, -0.1) is 0 Å². The summed E-state index contributed by atoms with van der Waals surface area (Å²) in [7, 11) is 0. The zero-order valence-electron chi connectivity index (χ0n) is 15.3. The molecule has 2 aliphatic rings. The average Bonchev–Trinajstić information content (AvgIpc) is 3.31. The number of non-ortho nitro benzene ring substituents is 1. The van der Waals surface area contributed by atoms with Crippen LogP contribution in [0.15, 0.2) is 89.9 Å². The number of esters is 1. The summed E-state index contributed by atoms with van der Waals surface area (Å²) < 4.78 is 5.59. The van der Waals surface area contributed by atoms with E-state index in [0.717, 1.165) is 16.7 Å². The number of carbonyl (C=O) groups excluding carboxylic acids is 1. The van der Waals surface area contributed by atoms with Crippen LogP contribution in [-0.4, -0.2) is 22.3 Å². The summed E-state index contributed by atoms with van der Waals surface area (Å²) in [5, 5.41) is 11.0. The summed E-state index contributed by atoms with van der Waals surface area (Å²) >= 11 is 0. The summed E-state index contributed by atoms with van der Waals surface area (Å²) in [5.74, 6) is -0.479. The van der Waals surface area contributed by atoms with Crippen LogP contribution in [0, 0.1) is 10.1 Å². The van der Waals surface area contributed by atoms with E-state index in [2.05, 4.69) is 0 Å². The van der Waals surface area contributed by atoms with Crippen LogP contribution in [0.3, 0.4) is 0 Å². The number of ether oxygens (including phenoxy) is 1. The van der Waals surface area contributed by atoms with Crippen LogP contribution < -0.4 is 0 Å². The molecule has 0 aromatic heterocycles. The number of nitrogens with zero attached hydrogens (tertiary/aromatic N) is 2. The maximum atomic E-state index is 13.0. The van der Waals surface area contributed by atoms with E-state index in [4.69, 9.17) is 9.73 Å². The van der Waals surface area contributed by atoms with E-state index in [0.29, 0.717) is 5.90 Å². The lowest BCUT2D eigenvalue weighted by molar-refractivity contribution is -0.384. The second-order valence-electron chi connectivity index (χ2n) is 7.21. The Kier molecular flexibility index (Phi) is 3.81. The minimum atomic E-state index is -1.04. The van der Waals surface area contributed by atoms with Gasteiger partial charge >= 0.3 is 5.97 Å². The molecule has 3 atom stereocenters. The van der Waals surface area contributed by atoms with Crippen LogP contribution in [0.1, 0.15) is 28.5 Å². The highest BCUT2D eigenvalue weighted by molar-refractivity contribution is 6.11. The first-order valence-corrected chi connectivity index (χ1v) is 9.28. The second-order valence-corrected chi connectivity index (χ2v) is 7.21.